The van der Waals surface area contributed by atoms with Gasteiger partial charge in [-0.15, -0.1) is 0 Å². The molecule has 1 N–H and O–H groups in total. The molecule has 0 bridgehead atoms. The van der Waals surface area contributed by atoms with Crippen LogP contribution in [0.25, 0.3) is 5.65 Å². The van der Waals surface area contributed by atoms with Gasteiger partial charge in [0.1, 0.15) is 5.65 Å². The van der Waals surface area contributed by atoms with Crippen molar-refractivity contribution in [3.8, 4) is 0 Å². The van der Waals surface area contributed by atoms with E-state index >= 15 is 0 Å². The van der Waals surface area contributed by atoms with Crippen LogP contribution in [-0.2, 0) is 24.2 Å². The third kappa shape index (κ3) is 2.68. The van der Waals surface area contributed by atoms with Gasteiger partial charge in [-0.2, -0.15) is 0 Å². The van der Waals surface area contributed by atoms with Crippen LogP contribution in [0, 0.1) is 12.8 Å². The summed E-state index contributed by atoms with van der Waals surface area (Å²) in [6.45, 7) is 2.68. The Kier molecular flexibility index (Phi) is 3.81. The highest BCUT2D eigenvalue weighted by Gasteiger charge is 2.27. The topological polar surface area (TPSA) is 46.4 Å². The van der Waals surface area contributed by atoms with E-state index in [9.17, 15) is 4.79 Å². The van der Waals surface area contributed by atoms with Crippen LogP contribution in [0.4, 0.5) is 0 Å². The highest BCUT2D eigenvalue weighted by molar-refractivity contribution is 5.79. The van der Waals surface area contributed by atoms with Crippen molar-refractivity contribution in [1.82, 2.24) is 14.7 Å². The van der Waals surface area contributed by atoms with Crippen molar-refractivity contribution in [3.05, 3.63) is 71.2 Å². The molecule has 2 heterocycles. The summed E-state index contributed by atoms with van der Waals surface area (Å²) >= 11 is 0. The zero-order valence-corrected chi connectivity index (χ0v) is 13.8. The van der Waals surface area contributed by atoms with E-state index in [-0.39, 0.29) is 11.8 Å². The molecule has 0 fully saturated rings. The fourth-order valence-corrected chi connectivity index (χ4v) is 3.52. The van der Waals surface area contributed by atoms with Gasteiger partial charge < -0.3 is 9.72 Å². The van der Waals surface area contributed by atoms with Gasteiger partial charge in [0.2, 0.25) is 5.91 Å². The number of pyridine rings is 1. The summed E-state index contributed by atoms with van der Waals surface area (Å²) in [5.74, 6) is 0.177. The Morgan fingerprint density at radius 3 is 2.96 bits per heavy atom. The average molecular weight is 319 g/mol. The van der Waals surface area contributed by atoms with Crippen LogP contribution in [-0.4, -0.2) is 15.3 Å². The number of nitrogens with one attached hydrogen (secondary N) is 1. The lowest BCUT2D eigenvalue weighted by molar-refractivity contribution is -0.125. The molecule has 0 aliphatic heterocycles. The van der Waals surface area contributed by atoms with E-state index in [0.29, 0.717) is 6.54 Å². The van der Waals surface area contributed by atoms with E-state index in [1.54, 1.807) is 0 Å². The van der Waals surface area contributed by atoms with Gasteiger partial charge in [-0.1, -0.05) is 30.3 Å². The normalized spacial score (nSPS) is 16.8. The molecular weight excluding hydrogens is 298 g/mol. The maximum atomic E-state index is 12.6. The van der Waals surface area contributed by atoms with Gasteiger partial charge in [0, 0.05) is 30.8 Å². The number of fused-ring (bicyclic) bond motifs is 3. The van der Waals surface area contributed by atoms with Crippen LogP contribution in [0.3, 0.4) is 0 Å². The van der Waals surface area contributed by atoms with Crippen LogP contribution in [0.1, 0.15) is 28.9 Å². The Morgan fingerprint density at radius 2 is 2.08 bits per heavy atom. The highest BCUT2D eigenvalue weighted by Crippen LogP contribution is 2.26. The maximum absolute atomic E-state index is 12.6. The number of amides is 1. The van der Waals surface area contributed by atoms with E-state index in [4.69, 9.17) is 0 Å². The fourth-order valence-electron chi connectivity index (χ4n) is 3.52. The van der Waals surface area contributed by atoms with E-state index < -0.39 is 0 Å². The second kappa shape index (κ2) is 6.11. The van der Waals surface area contributed by atoms with Crippen LogP contribution in [0.15, 0.2) is 48.7 Å². The number of benzene rings is 1. The van der Waals surface area contributed by atoms with E-state index in [0.717, 1.165) is 30.6 Å². The van der Waals surface area contributed by atoms with Crippen LogP contribution >= 0.6 is 0 Å². The molecule has 1 aliphatic rings. The lowest BCUT2D eigenvalue weighted by Gasteiger charge is -2.21. The van der Waals surface area contributed by atoms with E-state index in [1.165, 1.54) is 16.8 Å². The Labute approximate surface area is 141 Å². The predicted octanol–water partition coefficient (Wildman–Crippen LogP) is 3.06. The molecule has 4 heteroatoms. The third-order valence-corrected chi connectivity index (χ3v) is 4.97. The van der Waals surface area contributed by atoms with Gasteiger partial charge in [0.15, 0.2) is 0 Å². The van der Waals surface area contributed by atoms with Gasteiger partial charge in [0.05, 0.1) is 5.69 Å². The first-order chi connectivity index (χ1) is 11.7. The van der Waals surface area contributed by atoms with Crippen LogP contribution in [0.2, 0.25) is 0 Å². The van der Waals surface area contributed by atoms with Crippen molar-refractivity contribution < 1.29 is 4.79 Å². The first kappa shape index (κ1) is 14.9. The molecule has 1 unspecified atom stereocenters. The first-order valence-electron chi connectivity index (χ1n) is 8.49. The molecule has 0 saturated heterocycles. The smallest absolute Gasteiger partial charge is 0.223 e. The summed E-state index contributed by atoms with van der Waals surface area (Å²) in [6, 6.07) is 14.2. The van der Waals surface area contributed by atoms with Crippen LogP contribution in [0.5, 0.6) is 0 Å². The molecule has 1 aliphatic carbocycles. The number of carbonyl (C=O) groups excluding carboxylic acids is 1. The molecular formula is C20H21N3O. The van der Waals surface area contributed by atoms with Crippen molar-refractivity contribution in [2.75, 3.05) is 0 Å². The molecule has 4 rings (SSSR count). The second-order valence-corrected chi connectivity index (χ2v) is 6.52. The Balaban J connectivity index is 1.48. The molecule has 122 valence electrons. The Morgan fingerprint density at radius 1 is 1.25 bits per heavy atom. The molecule has 1 amide bonds. The fraction of sp³-hybridized carbons (Fsp3) is 0.300. The molecule has 1 atom stereocenters. The number of aryl methyl sites for hydroxylation is 2. The zero-order chi connectivity index (χ0) is 16.5. The zero-order valence-electron chi connectivity index (χ0n) is 13.8. The largest absolute Gasteiger partial charge is 0.352 e. The van der Waals surface area contributed by atoms with Crippen molar-refractivity contribution >= 4 is 11.6 Å². The van der Waals surface area contributed by atoms with Gasteiger partial charge in [-0.3, -0.25) is 4.79 Å². The summed E-state index contributed by atoms with van der Waals surface area (Å²) < 4.78 is 2.12. The van der Waals surface area contributed by atoms with Crippen molar-refractivity contribution in [3.63, 3.8) is 0 Å². The number of nitrogens with zero attached hydrogens (tertiary/aromatic N) is 2. The molecule has 0 saturated carbocycles. The number of hydrogen-bond acceptors (Lipinski definition) is 2. The number of hydrogen-bond donors (Lipinski definition) is 1. The number of rotatable bonds is 3. The van der Waals surface area contributed by atoms with Crippen LogP contribution < -0.4 is 5.32 Å². The summed E-state index contributed by atoms with van der Waals surface area (Å²) in [7, 11) is 0. The molecule has 1 aromatic carbocycles. The van der Waals surface area contributed by atoms with E-state index in [2.05, 4.69) is 33.8 Å². The predicted molar refractivity (Wildman–Crippen MR) is 93.7 cm³/mol. The van der Waals surface area contributed by atoms with Gasteiger partial charge in [-0.05, 0) is 43.0 Å². The average Bonchev–Trinajstić information content (AvgIpc) is 2.98. The minimum atomic E-state index is 0.0293. The Hall–Kier alpha value is -2.62. The van der Waals surface area contributed by atoms with Gasteiger partial charge in [-0.25, -0.2) is 4.98 Å². The van der Waals surface area contributed by atoms with E-state index in [1.807, 2.05) is 36.5 Å². The van der Waals surface area contributed by atoms with Gasteiger partial charge >= 0.3 is 0 Å². The molecule has 0 spiro atoms. The quantitative estimate of drug-likeness (QED) is 0.806. The number of imidazole rings is 1. The SMILES string of the molecule is Cc1ccccc1CNC(=O)C1CCc2nc3ccccn3c2C1. The maximum Gasteiger partial charge on any atom is 0.223 e. The summed E-state index contributed by atoms with van der Waals surface area (Å²) in [5.41, 5.74) is 5.70. The molecule has 0 radical (unpaired) electrons. The monoisotopic (exact) mass is 319 g/mol. The lowest BCUT2D eigenvalue weighted by Crippen LogP contribution is -2.34. The standard InChI is InChI=1S/C20H21N3O/c1-14-6-2-3-7-16(14)13-21-20(24)15-9-10-17-18(12-15)23-11-5-4-8-19(23)22-17/h2-8,11,15H,9-10,12-13H2,1H3,(H,21,24). The van der Waals surface area contributed by atoms with Crippen molar-refractivity contribution in [2.45, 2.75) is 32.7 Å². The van der Waals surface area contributed by atoms with Gasteiger partial charge in [0.25, 0.3) is 0 Å². The lowest BCUT2D eigenvalue weighted by atomic mass is 9.89. The summed E-state index contributed by atoms with van der Waals surface area (Å²) in [5, 5.41) is 3.11. The Bertz CT molecular complexity index is 897. The number of aromatic nitrogens is 2. The molecule has 3 aromatic rings. The molecule has 4 nitrogen and oxygen atoms in total. The highest BCUT2D eigenvalue weighted by atomic mass is 16.1. The number of carbonyl (C=O) groups is 1. The first-order valence-corrected chi connectivity index (χ1v) is 8.49. The third-order valence-electron chi connectivity index (χ3n) is 4.97. The minimum Gasteiger partial charge on any atom is -0.352 e. The second-order valence-electron chi connectivity index (χ2n) is 6.52. The molecule has 2 aromatic heterocycles. The summed E-state index contributed by atoms with van der Waals surface area (Å²) in [4.78, 5) is 17.3. The van der Waals surface area contributed by atoms with Crippen molar-refractivity contribution in [1.29, 1.82) is 0 Å². The molecule has 24 heavy (non-hydrogen) atoms. The minimum absolute atomic E-state index is 0.0293. The summed E-state index contributed by atoms with van der Waals surface area (Å²) in [6.07, 6.45) is 4.55. The van der Waals surface area contributed by atoms with Crippen molar-refractivity contribution in [2.24, 2.45) is 5.92 Å².